The van der Waals surface area contributed by atoms with E-state index in [1.54, 1.807) is 0 Å². The first-order valence-electron chi connectivity index (χ1n) is 7.93. The fraction of sp³-hybridized carbons (Fsp3) is 0.471. The number of nitrogens with one attached hydrogen (secondary N) is 1. The Balaban J connectivity index is 2.09. The molecule has 2 aromatic rings. The summed E-state index contributed by atoms with van der Waals surface area (Å²) in [6.45, 7) is 10.5. The predicted molar refractivity (Wildman–Crippen MR) is 90.4 cm³/mol. The Labute approximate surface area is 126 Å². The maximum absolute atomic E-state index is 4.79. The van der Waals surface area contributed by atoms with Crippen LogP contribution in [-0.2, 0) is 0 Å². The number of hydrogen-bond donors (Lipinski definition) is 1. The van der Waals surface area contributed by atoms with Gasteiger partial charge in [0.05, 0.1) is 11.9 Å². The number of nitrogens with zero attached hydrogens (tertiary/aromatic N) is 3. The molecule has 1 aliphatic rings. The lowest BCUT2D eigenvalue weighted by Crippen LogP contribution is -2.43. The van der Waals surface area contributed by atoms with E-state index in [9.17, 15) is 0 Å². The maximum Gasteiger partial charge on any atom is 0.136 e. The SMILES string of the molecule is CCN(CC)c1ncc(N2CCNCC2)c2ccccc12. The van der Waals surface area contributed by atoms with Gasteiger partial charge < -0.3 is 15.1 Å². The number of fused-ring (bicyclic) bond motifs is 1. The number of pyridine rings is 1. The van der Waals surface area contributed by atoms with Gasteiger partial charge in [0.2, 0.25) is 0 Å². The van der Waals surface area contributed by atoms with Crippen LogP contribution >= 0.6 is 0 Å². The minimum Gasteiger partial charge on any atom is -0.367 e. The van der Waals surface area contributed by atoms with Crippen molar-refractivity contribution in [3.63, 3.8) is 0 Å². The van der Waals surface area contributed by atoms with E-state index < -0.39 is 0 Å². The minimum atomic E-state index is 0.987. The van der Waals surface area contributed by atoms with Crippen LogP contribution in [-0.4, -0.2) is 44.3 Å². The van der Waals surface area contributed by atoms with Crippen molar-refractivity contribution in [2.45, 2.75) is 13.8 Å². The van der Waals surface area contributed by atoms with Gasteiger partial charge in [-0.25, -0.2) is 4.98 Å². The fourth-order valence-electron chi connectivity index (χ4n) is 3.10. The van der Waals surface area contributed by atoms with Crippen LogP contribution in [0.2, 0.25) is 0 Å². The van der Waals surface area contributed by atoms with Crippen LogP contribution in [0, 0.1) is 0 Å². The Morgan fingerprint density at radius 3 is 2.43 bits per heavy atom. The minimum absolute atomic E-state index is 0.987. The van der Waals surface area contributed by atoms with Gasteiger partial charge in [-0.15, -0.1) is 0 Å². The molecule has 0 aliphatic carbocycles. The molecule has 1 N–H and O–H groups in total. The summed E-state index contributed by atoms with van der Waals surface area (Å²) in [6, 6.07) is 8.65. The van der Waals surface area contributed by atoms with Gasteiger partial charge >= 0.3 is 0 Å². The number of rotatable bonds is 4. The molecule has 3 rings (SSSR count). The molecule has 2 heterocycles. The summed E-state index contributed by atoms with van der Waals surface area (Å²) < 4.78 is 0. The Morgan fingerprint density at radius 1 is 1.10 bits per heavy atom. The lowest BCUT2D eigenvalue weighted by molar-refractivity contribution is 0.590. The molecule has 1 fully saturated rings. The highest BCUT2D eigenvalue weighted by atomic mass is 15.2. The third kappa shape index (κ3) is 2.68. The van der Waals surface area contributed by atoms with E-state index >= 15 is 0 Å². The zero-order valence-electron chi connectivity index (χ0n) is 13.0. The molecule has 0 radical (unpaired) electrons. The predicted octanol–water partition coefficient (Wildman–Crippen LogP) is 2.49. The second kappa shape index (κ2) is 6.31. The largest absolute Gasteiger partial charge is 0.367 e. The monoisotopic (exact) mass is 284 g/mol. The van der Waals surface area contributed by atoms with Gasteiger partial charge in [0, 0.05) is 50.0 Å². The Morgan fingerprint density at radius 2 is 1.76 bits per heavy atom. The number of aromatic nitrogens is 1. The summed E-state index contributed by atoms with van der Waals surface area (Å²) in [7, 11) is 0. The molecule has 0 spiro atoms. The van der Waals surface area contributed by atoms with E-state index in [1.807, 2.05) is 0 Å². The molecular formula is C17H24N4. The second-order valence-electron chi connectivity index (χ2n) is 5.42. The molecule has 0 amide bonds. The van der Waals surface area contributed by atoms with Crippen molar-refractivity contribution >= 4 is 22.3 Å². The first-order chi connectivity index (χ1) is 10.3. The van der Waals surface area contributed by atoms with E-state index in [2.05, 4.69) is 59.4 Å². The summed E-state index contributed by atoms with van der Waals surface area (Å²) in [5, 5.41) is 5.99. The third-order valence-corrected chi connectivity index (χ3v) is 4.27. The van der Waals surface area contributed by atoms with Crippen molar-refractivity contribution in [1.82, 2.24) is 10.3 Å². The number of anilines is 2. The topological polar surface area (TPSA) is 31.4 Å². The highest BCUT2D eigenvalue weighted by molar-refractivity contribution is 6.00. The van der Waals surface area contributed by atoms with Gasteiger partial charge in [-0.1, -0.05) is 24.3 Å². The molecule has 1 saturated heterocycles. The summed E-state index contributed by atoms with van der Waals surface area (Å²) in [6.07, 6.45) is 2.06. The lowest BCUT2D eigenvalue weighted by Gasteiger charge is -2.31. The molecule has 0 saturated carbocycles. The Kier molecular flexibility index (Phi) is 4.25. The van der Waals surface area contributed by atoms with Crippen molar-refractivity contribution in [1.29, 1.82) is 0 Å². The van der Waals surface area contributed by atoms with Gasteiger partial charge in [-0.2, -0.15) is 0 Å². The Hall–Kier alpha value is -1.81. The van der Waals surface area contributed by atoms with Crippen molar-refractivity contribution in [2.24, 2.45) is 0 Å². The Bertz CT molecular complexity index is 601. The van der Waals surface area contributed by atoms with E-state index in [0.29, 0.717) is 0 Å². The number of benzene rings is 1. The van der Waals surface area contributed by atoms with Gasteiger partial charge in [0.1, 0.15) is 5.82 Å². The van der Waals surface area contributed by atoms with Crippen LogP contribution in [0.5, 0.6) is 0 Å². The zero-order valence-corrected chi connectivity index (χ0v) is 13.0. The van der Waals surface area contributed by atoms with Crippen LogP contribution in [0.1, 0.15) is 13.8 Å². The van der Waals surface area contributed by atoms with E-state index in [-0.39, 0.29) is 0 Å². The van der Waals surface area contributed by atoms with Crippen LogP contribution < -0.4 is 15.1 Å². The molecule has 0 bridgehead atoms. The summed E-state index contributed by atoms with van der Waals surface area (Å²) in [5.41, 5.74) is 1.27. The number of piperazine rings is 1. The van der Waals surface area contributed by atoms with Gasteiger partial charge in [0.25, 0.3) is 0 Å². The van der Waals surface area contributed by atoms with Crippen LogP contribution in [0.3, 0.4) is 0 Å². The highest BCUT2D eigenvalue weighted by Crippen LogP contribution is 2.32. The normalized spacial score (nSPS) is 15.4. The molecule has 0 unspecified atom stereocenters. The molecule has 0 atom stereocenters. The summed E-state index contributed by atoms with van der Waals surface area (Å²) in [4.78, 5) is 9.55. The van der Waals surface area contributed by atoms with E-state index in [1.165, 1.54) is 16.5 Å². The molecule has 112 valence electrons. The molecule has 1 aliphatic heterocycles. The summed E-state index contributed by atoms with van der Waals surface area (Å²) >= 11 is 0. The van der Waals surface area contributed by atoms with E-state index in [0.717, 1.165) is 45.1 Å². The fourth-order valence-corrected chi connectivity index (χ4v) is 3.10. The lowest BCUT2D eigenvalue weighted by atomic mass is 10.1. The standard InChI is InChI=1S/C17H24N4/c1-3-20(4-2)17-15-8-6-5-7-14(15)16(13-19-17)21-11-9-18-10-12-21/h5-8,13,18H,3-4,9-12H2,1-2H3. The van der Waals surface area contributed by atoms with Crippen LogP contribution in [0.25, 0.3) is 10.8 Å². The quantitative estimate of drug-likeness (QED) is 0.934. The number of hydrogen-bond acceptors (Lipinski definition) is 4. The van der Waals surface area contributed by atoms with Gasteiger partial charge in [-0.3, -0.25) is 0 Å². The van der Waals surface area contributed by atoms with E-state index in [4.69, 9.17) is 4.98 Å². The summed E-state index contributed by atoms with van der Waals surface area (Å²) in [5.74, 6) is 1.11. The van der Waals surface area contributed by atoms with Crippen molar-refractivity contribution in [3.05, 3.63) is 30.5 Å². The smallest absolute Gasteiger partial charge is 0.136 e. The van der Waals surface area contributed by atoms with Crippen molar-refractivity contribution < 1.29 is 0 Å². The molecule has 1 aromatic carbocycles. The van der Waals surface area contributed by atoms with Crippen molar-refractivity contribution in [3.8, 4) is 0 Å². The molecule has 4 heteroatoms. The van der Waals surface area contributed by atoms with Crippen molar-refractivity contribution in [2.75, 3.05) is 49.1 Å². The average molecular weight is 284 g/mol. The first-order valence-corrected chi connectivity index (χ1v) is 7.93. The van der Waals surface area contributed by atoms with Crippen LogP contribution in [0.4, 0.5) is 11.5 Å². The van der Waals surface area contributed by atoms with Gasteiger partial charge in [0.15, 0.2) is 0 Å². The first kappa shape index (κ1) is 14.1. The molecule has 21 heavy (non-hydrogen) atoms. The highest BCUT2D eigenvalue weighted by Gasteiger charge is 2.16. The van der Waals surface area contributed by atoms with Gasteiger partial charge in [-0.05, 0) is 13.8 Å². The molecule has 1 aromatic heterocycles. The second-order valence-corrected chi connectivity index (χ2v) is 5.42. The average Bonchev–Trinajstić information content (AvgIpc) is 2.57. The zero-order chi connectivity index (χ0) is 14.7. The third-order valence-electron chi connectivity index (χ3n) is 4.27. The molecule has 4 nitrogen and oxygen atoms in total. The maximum atomic E-state index is 4.79. The van der Waals surface area contributed by atoms with Crippen LogP contribution in [0.15, 0.2) is 30.5 Å². The molecular weight excluding hydrogens is 260 g/mol.